The van der Waals surface area contributed by atoms with Crippen LogP contribution in [0.5, 0.6) is 0 Å². The molecular weight excluding hydrogens is 572 g/mol. The molecular formula is C44H28N2O. The van der Waals surface area contributed by atoms with Crippen LogP contribution >= 0.6 is 0 Å². The van der Waals surface area contributed by atoms with Crippen LogP contribution in [-0.2, 0) is 0 Å². The summed E-state index contributed by atoms with van der Waals surface area (Å²) in [5, 5.41) is 4.53. The summed E-state index contributed by atoms with van der Waals surface area (Å²) in [6.45, 7) is 0. The lowest BCUT2D eigenvalue weighted by atomic mass is 9.98. The van der Waals surface area contributed by atoms with Gasteiger partial charge in [0.25, 0.3) is 0 Å². The molecule has 0 aliphatic rings. The summed E-state index contributed by atoms with van der Waals surface area (Å²) in [7, 11) is 0. The first-order chi connectivity index (χ1) is 23.3. The minimum atomic E-state index is 0.700. The molecule has 0 N–H and O–H groups in total. The number of fused-ring (bicyclic) bond motifs is 4. The molecule has 0 spiro atoms. The van der Waals surface area contributed by atoms with Crippen LogP contribution in [0.3, 0.4) is 0 Å². The van der Waals surface area contributed by atoms with Gasteiger partial charge in [-0.05, 0) is 45.7 Å². The lowest BCUT2D eigenvalue weighted by Gasteiger charge is -2.12. The van der Waals surface area contributed by atoms with Crippen LogP contribution in [0.15, 0.2) is 174 Å². The first-order valence-electron chi connectivity index (χ1n) is 15.8. The molecule has 0 unspecified atom stereocenters. The van der Waals surface area contributed by atoms with Gasteiger partial charge in [-0.25, -0.2) is 9.97 Å². The molecule has 0 saturated heterocycles. The van der Waals surface area contributed by atoms with Gasteiger partial charge in [0, 0.05) is 33.0 Å². The molecule has 2 aromatic heterocycles. The zero-order valence-electron chi connectivity index (χ0n) is 25.5. The topological polar surface area (TPSA) is 38.9 Å². The maximum Gasteiger partial charge on any atom is 0.161 e. The van der Waals surface area contributed by atoms with E-state index in [2.05, 4.69) is 152 Å². The van der Waals surface area contributed by atoms with Gasteiger partial charge in [0.1, 0.15) is 11.2 Å². The molecule has 2 heterocycles. The molecule has 3 nitrogen and oxygen atoms in total. The van der Waals surface area contributed by atoms with E-state index in [-0.39, 0.29) is 0 Å². The number of nitrogens with zero attached hydrogens (tertiary/aromatic N) is 2. The van der Waals surface area contributed by atoms with Crippen LogP contribution in [0.25, 0.3) is 88.9 Å². The van der Waals surface area contributed by atoms with Crippen molar-refractivity contribution in [3.05, 3.63) is 170 Å². The summed E-state index contributed by atoms with van der Waals surface area (Å²) in [6, 6.07) is 59.1. The molecule has 9 aromatic rings. The average molecular weight is 601 g/mol. The minimum absolute atomic E-state index is 0.700. The van der Waals surface area contributed by atoms with Crippen molar-refractivity contribution in [3.8, 4) is 56.2 Å². The summed E-state index contributed by atoms with van der Waals surface area (Å²) in [4.78, 5) is 10.4. The maximum absolute atomic E-state index is 6.39. The Bertz CT molecular complexity index is 2560. The normalized spacial score (nSPS) is 11.4. The average Bonchev–Trinajstić information content (AvgIpc) is 3.54. The van der Waals surface area contributed by atoms with Gasteiger partial charge in [-0.2, -0.15) is 0 Å². The summed E-state index contributed by atoms with van der Waals surface area (Å²) in [5.74, 6) is 0.700. The number of para-hydroxylation sites is 2. The highest BCUT2D eigenvalue weighted by molar-refractivity contribution is 6.09. The van der Waals surface area contributed by atoms with Gasteiger partial charge < -0.3 is 4.42 Å². The quantitative estimate of drug-likeness (QED) is 0.197. The van der Waals surface area contributed by atoms with Crippen LogP contribution in [0.2, 0.25) is 0 Å². The highest BCUT2D eigenvalue weighted by Crippen LogP contribution is 2.38. The lowest BCUT2D eigenvalue weighted by Crippen LogP contribution is -1.97. The summed E-state index contributed by atoms with van der Waals surface area (Å²) in [5.41, 5.74) is 11.1. The first-order valence-corrected chi connectivity index (χ1v) is 15.8. The smallest absolute Gasteiger partial charge is 0.161 e. The van der Waals surface area contributed by atoms with E-state index in [1.54, 1.807) is 0 Å². The molecule has 220 valence electrons. The van der Waals surface area contributed by atoms with Crippen LogP contribution in [0.4, 0.5) is 0 Å². The van der Waals surface area contributed by atoms with Crippen LogP contribution in [-0.4, -0.2) is 9.97 Å². The SMILES string of the molecule is c1ccc(-c2ccc(-c3cc(-c4cccc(-c5cccc6c5oc5ccccc56)c4)nc(-c4cccc5ccccc45)n3)cc2)cc1. The van der Waals surface area contributed by atoms with Crippen molar-refractivity contribution in [2.45, 2.75) is 0 Å². The fourth-order valence-corrected chi connectivity index (χ4v) is 6.57. The molecule has 0 radical (unpaired) electrons. The Labute approximate surface area is 272 Å². The van der Waals surface area contributed by atoms with Crippen molar-refractivity contribution in [2.75, 3.05) is 0 Å². The van der Waals surface area contributed by atoms with E-state index in [0.717, 1.165) is 71.9 Å². The van der Waals surface area contributed by atoms with E-state index >= 15 is 0 Å². The van der Waals surface area contributed by atoms with Gasteiger partial charge in [0.05, 0.1) is 11.4 Å². The van der Waals surface area contributed by atoms with Gasteiger partial charge in [-0.3, -0.25) is 0 Å². The molecule has 9 rings (SSSR count). The third-order valence-electron chi connectivity index (χ3n) is 8.92. The van der Waals surface area contributed by atoms with E-state index in [1.165, 1.54) is 11.1 Å². The number of hydrogen-bond donors (Lipinski definition) is 0. The standard InChI is InChI=1S/C44H28N2O/c1-2-11-29(12-3-1)30-23-25-32(26-24-30)40-28-41(46-44(45-40)39-21-9-14-31-13-4-5-17-35(31)39)34-16-8-15-33(27-34)36-19-10-20-38-37-18-6-7-22-42(37)47-43(36)38/h1-28H. The van der Waals surface area contributed by atoms with E-state index in [4.69, 9.17) is 14.4 Å². The lowest BCUT2D eigenvalue weighted by molar-refractivity contribution is 0.670. The predicted molar refractivity (Wildman–Crippen MR) is 194 cm³/mol. The van der Waals surface area contributed by atoms with Gasteiger partial charge >= 0.3 is 0 Å². The molecule has 0 saturated carbocycles. The minimum Gasteiger partial charge on any atom is -0.455 e. The molecule has 3 heteroatoms. The van der Waals surface area contributed by atoms with Crippen LogP contribution in [0.1, 0.15) is 0 Å². The number of rotatable bonds is 5. The number of aromatic nitrogens is 2. The monoisotopic (exact) mass is 600 g/mol. The van der Waals surface area contributed by atoms with Crippen molar-refractivity contribution < 1.29 is 4.42 Å². The Morgan fingerprint density at radius 2 is 0.936 bits per heavy atom. The Morgan fingerprint density at radius 1 is 0.362 bits per heavy atom. The van der Waals surface area contributed by atoms with E-state index in [1.807, 2.05) is 18.2 Å². The molecule has 47 heavy (non-hydrogen) atoms. The fraction of sp³-hybridized carbons (Fsp3) is 0. The molecule has 7 aromatic carbocycles. The van der Waals surface area contributed by atoms with Crippen molar-refractivity contribution in [3.63, 3.8) is 0 Å². The van der Waals surface area contributed by atoms with Gasteiger partial charge in [0.15, 0.2) is 5.82 Å². The summed E-state index contributed by atoms with van der Waals surface area (Å²) in [6.07, 6.45) is 0. The van der Waals surface area contributed by atoms with Crippen LogP contribution < -0.4 is 0 Å². The molecule has 0 aliphatic carbocycles. The number of furan rings is 1. The summed E-state index contributed by atoms with van der Waals surface area (Å²) < 4.78 is 6.39. The van der Waals surface area contributed by atoms with Gasteiger partial charge in [-0.15, -0.1) is 0 Å². The zero-order valence-corrected chi connectivity index (χ0v) is 25.5. The second-order valence-corrected chi connectivity index (χ2v) is 11.8. The Hall–Kier alpha value is -6.32. The molecule has 0 aliphatic heterocycles. The zero-order chi connectivity index (χ0) is 31.2. The first kappa shape index (κ1) is 27.0. The second kappa shape index (κ2) is 11.2. The Balaban J connectivity index is 1.21. The van der Waals surface area contributed by atoms with E-state index < -0.39 is 0 Å². The van der Waals surface area contributed by atoms with Crippen molar-refractivity contribution in [2.24, 2.45) is 0 Å². The number of hydrogen-bond acceptors (Lipinski definition) is 3. The van der Waals surface area contributed by atoms with Crippen molar-refractivity contribution >= 4 is 32.7 Å². The van der Waals surface area contributed by atoms with E-state index in [0.29, 0.717) is 5.82 Å². The Morgan fingerprint density at radius 3 is 1.81 bits per heavy atom. The molecule has 0 fully saturated rings. The fourth-order valence-electron chi connectivity index (χ4n) is 6.57. The molecule has 0 bridgehead atoms. The second-order valence-electron chi connectivity index (χ2n) is 11.8. The molecule has 0 atom stereocenters. The third-order valence-corrected chi connectivity index (χ3v) is 8.92. The number of benzene rings is 7. The van der Waals surface area contributed by atoms with E-state index in [9.17, 15) is 0 Å². The van der Waals surface area contributed by atoms with Crippen LogP contribution in [0, 0.1) is 0 Å². The third kappa shape index (κ3) is 4.86. The predicted octanol–water partition coefficient (Wildman–Crippen LogP) is 11.9. The largest absolute Gasteiger partial charge is 0.455 e. The highest BCUT2D eigenvalue weighted by Gasteiger charge is 2.16. The summed E-state index contributed by atoms with van der Waals surface area (Å²) >= 11 is 0. The Kier molecular flexibility index (Phi) is 6.46. The van der Waals surface area contributed by atoms with Crippen molar-refractivity contribution in [1.82, 2.24) is 9.97 Å². The maximum atomic E-state index is 6.39. The van der Waals surface area contributed by atoms with Gasteiger partial charge in [0.2, 0.25) is 0 Å². The highest BCUT2D eigenvalue weighted by atomic mass is 16.3. The molecule has 0 amide bonds. The van der Waals surface area contributed by atoms with Crippen molar-refractivity contribution in [1.29, 1.82) is 0 Å². The van der Waals surface area contributed by atoms with Gasteiger partial charge in [-0.1, -0.05) is 152 Å².